The van der Waals surface area contributed by atoms with Crippen molar-refractivity contribution in [2.75, 3.05) is 19.6 Å². The lowest BCUT2D eigenvalue weighted by atomic mass is 9.73. The van der Waals surface area contributed by atoms with Gasteiger partial charge in [-0.2, -0.15) is 0 Å². The summed E-state index contributed by atoms with van der Waals surface area (Å²) in [5, 5.41) is 0. The first-order valence-corrected chi connectivity index (χ1v) is 9.32. The Hall–Kier alpha value is -2.02. The van der Waals surface area contributed by atoms with Gasteiger partial charge in [0.1, 0.15) is 0 Å². The average Bonchev–Trinajstić information content (AvgIpc) is 2.59. The summed E-state index contributed by atoms with van der Waals surface area (Å²) in [5.74, 6) is 0.144. The number of nitrogens with two attached hydrogens (primary N) is 1. The SMILES string of the molecule is Cc1cnc(CN2C[C@@]3(CCCN(C(=O)C(C)(C)N)C3)CCC2=O)cn1. The fourth-order valence-electron chi connectivity index (χ4n) is 4.06. The van der Waals surface area contributed by atoms with Crippen LogP contribution in [0.25, 0.3) is 0 Å². The topological polar surface area (TPSA) is 92.4 Å². The molecule has 1 aromatic heterocycles. The summed E-state index contributed by atoms with van der Waals surface area (Å²) in [6.07, 6.45) is 6.80. The highest BCUT2D eigenvalue weighted by Gasteiger charge is 2.44. The average molecular weight is 359 g/mol. The van der Waals surface area contributed by atoms with Crippen molar-refractivity contribution in [2.45, 2.75) is 58.5 Å². The number of hydrogen-bond acceptors (Lipinski definition) is 5. The van der Waals surface area contributed by atoms with Crippen LogP contribution in [-0.4, -0.2) is 56.8 Å². The van der Waals surface area contributed by atoms with Crippen LogP contribution in [0.3, 0.4) is 0 Å². The van der Waals surface area contributed by atoms with Crippen molar-refractivity contribution in [1.29, 1.82) is 0 Å². The van der Waals surface area contributed by atoms with Gasteiger partial charge >= 0.3 is 0 Å². The van der Waals surface area contributed by atoms with Crippen molar-refractivity contribution >= 4 is 11.8 Å². The van der Waals surface area contributed by atoms with Crippen molar-refractivity contribution in [3.05, 3.63) is 23.8 Å². The summed E-state index contributed by atoms with van der Waals surface area (Å²) in [5.41, 5.74) is 6.78. The van der Waals surface area contributed by atoms with Crippen LogP contribution < -0.4 is 5.73 Å². The van der Waals surface area contributed by atoms with Gasteiger partial charge in [-0.3, -0.25) is 19.6 Å². The van der Waals surface area contributed by atoms with Crippen molar-refractivity contribution in [3.63, 3.8) is 0 Å². The molecule has 0 unspecified atom stereocenters. The molecule has 1 spiro atoms. The third kappa shape index (κ3) is 4.03. The number of nitrogens with zero attached hydrogens (tertiary/aromatic N) is 4. The fraction of sp³-hybridized carbons (Fsp3) is 0.684. The number of amides is 2. The summed E-state index contributed by atoms with van der Waals surface area (Å²) in [7, 11) is 0. The van der Waals surface area contributed by atoms with E-state index >= 15 is 0 Å². The summed E-state index contributed by atoms with van der Waals surface area (Å²) >= 11 is 0. The standard InChI is InChI=1S/C19H29N5O2/c1-14-9-22-15(10-21-14)11-24-13-19(7-5-16(24)25)6-4-8-23(12-19)17(26)18(2,3)20/h9-10H,4-8,11-13,20H2,1-3H3/t19-/m0/s1. The fourth-order valence-corrected chi connectivity index (χ4v) is 4.06. The van der Waals surface area contributed by atoms with E-state index < -0.39 is 5.54 Å². The maximum Gasteiger partial charge on any atom is 0.242 e. The molecule has 0 saturated carbocycles. The smallest absolute Gasteiger partial charge is 0.242 e. The Labute approximate surface area is 155 Å². The summed E-state index contributed by atoms with van der Waals surface area (Å²) in [4.78, 5) is 37.5. The van der Waals surface area contributed by atoms with E-state index in [9.17, 15) is 9.59 Å². The van der Waals surface area contributed by atoms with E-state index in [4.69, 9.17) is 5.73 Å². The Morgan fingerprint density at radius 2 is 2.04 bits per heavy atom. The summed E-state index contributed by atoms with van der Waals surface area (Å²) in [6.45, 7) is 7.96. The summed E-state index contributed by atoms with van der Waals surface area (Å²) in [6, 6.07) is 0. The molecule has 0 aromatic carbocycles. The van der Waals surface area contributed by atoms with Gasteiger partial charge in [-0.25, -0.2) is 0 Å². The van der Waals surface area contributed by atoms with Crippen LogP contribution in [0, 0.1) is 12.3 Å². The van der Waals surface area contributed by atoms with Crippen LogP contribution in [0.2, 0.25) is 0 Å². The van der Waals surface area contributed by atoms with E-state index in [1.807, 2.05) is 16.7 Å². The zero-order valence-electron chi connectivity index (χ0n) is 16.0. The second kappa shape index (κ2) is 6.95. The molecule has 7 nitrogen and oxygen atoms in total. The van der Waals surface area contributed by atoms with Gasteiger partial charge in [-0.05, 0) is 40.0 Å². The van der Waals surface area contributed by atoms with Crippen LogP contribution in [0.15, 0.2) is 12.4 Å². The quantitative estimate of drug-likeness (QED) is 0.877. The molecule has 1 aromatic rings. The van der Waals surface area contributed by atoms with Gasteiger partial charge < -0.3 is 15.5 Å². The van der Waals surface area contributed by atoms with E-state index in [-0.39, 0.29) is 17.2 Å². The second-order valence-electron chi connectivity index (χ2n) is 8.45. The van der Waals surface area contributed by atoms with Gasteiger partial charge in [-0.1, -0.05) is 0 Å². The molecule has 2 amide bonds. The Morgan fingerprint density at radius 3 is 2.69 bits per heavy atom. The predicted octanol–water partition coefficient (Wildman–Crippen LogP) is 1.25. The van der Waals surface area contributed by atoms with E-state index in [1.54, 1.807) is 26.2 Å². The number of hydrogen-bond donors (Lipinski definition) is 1. The molecule has 3 rings (SSSR count). The molecule has 2 N–H and O–H groups in total. The molecule has 0 radical (unpaired) electrons. The molecule has 7 heteroatoms. The van der Waals surface area contributed by atoms with Gasteiger partial charge in [0.2, 0.25) is 11.8 Å². The molecule has 1 atom stereocenters. The molecule has 0 aliphatic carbocycles. The number of rotatable bonds is 3. The number of aromatic nitrogens is 2. The highest BCUT2D eigenvalue weighted by molar-refractivity contribution is 5.85. The van der Waals surface area contributed by atoms with Crippen molar-refractivity contribution in [3.8, 4) is 0 Å². The van der Waals surface area contributed by atoms with E-state index in [0.29, 0.717) is 26.1 Å². The van der Waals surface area contributed by atoms with Crippen LogP contribution in [0.1, 0.15) is 50.9 Å². The predicted molar refractivity (Wildman–Crippen MR) is 97.9 cm³/mol. The molecule has 26 heavy (non-hydrogen) atoms. The Bertz CT molecular complexity index is 682. The van der Waals surface area contributed by atoms with Crippen LogP contribution >= 0.6 is 0 Å². The third-order valence-electron chi connectivity index (χ3n) is 5.44. The first-order valence-electron chi connectivity index (χ1n) is 9.32. The highest BCUT2D eigenvalue weighted by Crippen LogP contribution is 2.39. The molecule has 2 aliphatic rings. The minimum absolute atomic E-state index is 0.00979. The minimum Gasteiger partial charge on any atom is -0.340 e. The largest absolute Gasteiger partial charge is 0.340 e. The Morgan fingerprint density at radius 1 is 1.27 bits per heavy atom. The van der Waals surface area contributed by atoms with E-state index in [0.717, 1.165) is 37.2 Å². The number of carbonyl (C=O) groups excluding carboxylic acids is 2. The van der Waals surface area contributed by atoms with E-state index in [1.165, 1.54) is 0 Å². The first kappa shape index (κ1) is 18.8. The Kier molecular flexibility index (Phi) is 5.01. The number of carbonyl (C=O) groups is 2. The molecular formula is C19H29N5O2. The van der Waals surface area contributed by atoms with Crippen molar-refractivity contribution < 1.29 is 9.59 Å². The molecule has 0 bridgehead atoms. The maximum absolute atomic E-state index is 12.6. The lowest BCUT2D eigenvalue weighted by Crippen LogP contribution is -2.59. The van der Waals surface area contributed by atoms with Gasteiger partial charge in [0.25, 0.3) is 0 Å². The zero-order valence-corrected chi connectivity index (χ0v) is 16.0. The van der Waals surface area contributed by atoms with Gasteiger partial charge in [-0.15, -0.1) is 0 Å². The number of piperidine rings is 2. The molecule has 2 saturated heterocycles. The molecule has 2 fully saturated rings. The minimum atomic E-state index is -0.861. The van der Waals surface area contributed by atoms with Crippen LogP contribution in [-0.2, 0) is 16.1 Å². The lowest BCUT2D eigenvalue weighted by molar-refractivity contribution is -0.145. The van der Waals surface area contributed by atoms with Crippen LogP contribution in [0.4, 0.5) is 0 Å². The maximum atomic E-state index is 12.6. The molecule has 3 heterocycles. The highest BCUT2D eigenvalue weighted by atomic mass is 16.2. The lowest BCUT2D eigenvalue weighted by Gasteiger charge is -2.49. The third-order valence-corrected chi connectivity index (χ3v) is 5.44. The molecule has 2 aliphatic heterocycles. The van der Waals surface area contributed by atoms with Gasteiger partial charge in [0, 0.05) is 37.7 Å². The molecule has 142 valence electrons. The second-order valence-corrected chi connectivity index (χ2v) is 8.45. The van der Waals surface area contributed by atoms with Gasteiger partial charge in [0.05, 0.1) is 29.7 Å². The summed E-state index contributed by atoms with van der Waals surface area (Å²) < 4.78 is 0. The number of aryl methyl sites for hydroxylation is 1. The zero-order chi connectivity index (χ0) is 18.9. The molecular weight excluding hydrogens is 330 g/mol. The van der Waals surface area contributed by atoms with Crippen LogP contribution in [0.5, 0.6) is 0 Å². The monoisotopic (exact) mass is 359 g/mol. The van der Waals surface area contributed by atoms with Crippen molar-refractivity contribution in [2.24, 2.45) is 11.1 Å². The van der Waals surface area contributed by atoms with Crippen molar-refractivity contribution in [1.82, 2.24) is 19.8 Å². The first-order chi connectivity index (χ1) is 12.2. The van der Waals surface area contributed by atoms with Gasteiger partial charge in [0.15, 0.2) is 0 Å². The normalized spacial score (nSPS) is 24.2. The van der Waals surface area contributed by atoms with E-state index in [2.05, 4.69) is 9.97 Å². The Balaban J connectivity index is 1.72. The number of likely N-dealkylation sites (tertiary alicyclic amines) is 2.